The van der Waals surface area contributed by atoms with E-state index in [9.17, 15) is 19.5 Å². The molecule has 138 valence electrons. The minimum Gasteiger partial charge on any atom is -0.478 e. The zero-order valence-electron chi connectivity index (χ0n) is 15.2. The fraction of sp³-hybridized carbons (Fsp3) is 0.476. The average Bonchev–Trinajstić information content (AvgIpc) is 2.61. The summed E-state index contributed by atoms with van der Waals surface area (Å²) in [6, 6.07) is 6.11. The molecule has 5 nitrogen and oxygen atoms in total. The summed E-state index contributed by atoms with van der Waals surface area (Å²) in [6.07, 6.45) is 4.97. The number of ether oxygens (including phenoxy) is 1. The van der Waals surface area contributed by atoms with Crippen molar-refractivity contribution in [2.75, 3.05) is 0 Å². The van der Waals surface area contributed by atoms with Crippen molar-refractivity contribution in [2.45, 2.75) is 52.1 Å². The number of carbonyl (C=O) groups is 3. The van der Waals surface area contributed by atoms with E-state index in [2.05, 4.69) is 13.8 Å². The molecule has 0 aromatic heterocycles. The van der Waals surface area contributed by atoms with Crippen LogP contribution in [-0.2, 0) is 9.53 Å². The average molecular weight is 356 g/mol. The maximum atomic E-state index is 12.8. The van der Waals surface area contributed by atoms with Gasteiger partial charge in [-0.2, -0.15) is 0 Å². The van der Waals surface area contributed by atoms with Gasteiger partial charge in [-0.15, -0.1) is 0 Å². The van der Waals surface area contributed by atoms with Crippen LogP contribution in [-0.4, -0.2) is 28.9 Å². The quantitative estimate of drug-likeness (QED) is 0.824. The van der Waals surface area contributed by atoms with E-state index in [1.165, 1.54) is 12.1 Å². The zero-order valence-corrected chi connectivity index (χ0v) is 15.2. The minimum absolute atomic E-state index is 0.0542. The molecule has 1 fully saturated rings. The minimum atomic E-state index is -1.15. The largest absolute Gasteiger partial charge is 0.478 e. The molecule has 26 heavy (non-hydrogen) atoms. The molecule has 2 aliphatic carbocycles. The third-order valence-corrected chi connectivity index (χ3v) is 5.86. The molecule has 1 saturated carbocycles. The number of rotatable bonds is 4. The van der Waals surface area contributed by atoms with Crippen LogP contribution in [0.25, 0.3) is 0 Å². The highest BCUT2D eigenvalue weighted by Gasteiger charge is 2.50. The normalized spacial score (nSPS) is 25.4. The number of ketones is 1. The van der Waals surface area contributed by atoms with Crippen molar-refractivity contribution in [1.29, 1.82) is 0 Å². The fourth-order valence-electron chi connectivity index (χ4n) is 4.54. The Morgan fingerprint density at radius 3 is 2.54 bits per heavy atom. The molecule has 3 rings (SSSR count). The number of benzene rings is 1. The lowest BCUT2D eigenvalue weighted by molar-refractivity contribution is -0.117. The standard InChI is InChI=1S/C21H24O5/c1-13(2)21-11-10-15(22)12-14(21)6-5-9-18(21)26-20(25)17-8-4-3-7-16(17)19(23)24/h3-4,7-8,12-13,18H,5-6,9-11H2,1-2H3,(H,23,24)/t18-,21-/m1/s1. The van der Waals surface area contributed by atoms with Crippen LogP contribution in [0.4, 0.5) is 0 Å². The van der Waals surface area contributed by atoms with E-state index in [1.54, 1.807) is 18.2 Å². The van der Waals surface area contributed by atoms with Crippen molar-refractivity contribution in [1.82, 2.24) is 0 Å². The second-order valence-electron chi connectivity index (χ2n) is 7.47. The lowest BCUT2D eigenvalue weighted by Gasteiger charge is -2.50. The summed E-state index contributed by atoms with van der Waals surface area (Å²) >= 11 is 0. The van der Waals surface area contributed by atoms with Crippen LogP contribution in [0.2, 0.25) is 0 Å². The summed E-state index contributed by atoms with van der Waals surface area (Å²) in [7, 11) is 0. The molecule has 5 heteroatoms. The Kier molecular flexibility index (Phi) is 4.99. The summed E-state index contributed by atoms with van der Waals surface area (Å²) in [6.45, 7) is 4.20. The molecule has 1 N–H and O–H groups in total. The lowest BCUT2D eigenvalue weighted by atomic mass is 9.57. The maximum Gasteiger partial charge on any atom is 0.339 e. The van der Waals surface area contributed by atoms with Gasteiger partial charge in [-0.05, 0) is 49.8 Å². The van der Waals surface area contributed by atoms with E-state index in [-0.39, 0.29) is 34.3 Å². The number of allylic oxidation sites excluding steroid dienone is 1. The topological polar surface area (TPSA) is 80.7 Å². The number of aromatic carboxylic acids is 1. The van der Waals surface area contributed by atoms with Gasteiger partial charge < -0.3 is 9.84 Å². The van der Waals surface area contributed by atoms with Gasteiger partial charge in [-0.3, -0.25) is 4.79 Å². The predicted octanol–water partition coefficient (Wildman–Crippen LogP) is 4.03. The zero-order chi connectivity index (χ0) is 18.9. The van der Waals surface area contributed by atoms with E-state index in [4.69, 9.17) is 4.74 Å². The number of fused-ring (bicyclic) bond motifs is 1. The number of esters is 1. The van der Waals surface area contributed by atoms with Crippen molar-refractivity contribution in [2.24, 2.45) is 11.3 Å². The number of carboxylic acid groups (broad SMARTS) is 1. The molecule has 0 bridgehead atoms. The Hall–Kier alpha value is -2.43. The van der Waals surface area contributed by atoms with E-state index < -0.39 is 11.9 Å². The summed E-state index contributed by atoms with van der Waals surface area (Å²) in [5.74, 6) is -1.40. The summed E-state index contributed by atoms with van der Waals surface area (Å²) < 4.78 is 5.88. The van der Waals surface area contributed by atoms with Crippen LogP contribution in [0, 0.1) is 11.3 Å². The molecule has 0 radical (unpaired) electrons. The van der Waals surface area contributed by atoms with Crippen molar-refractivity contribution < 1.29 is 24.2 Å². The number of hydrogen-bond acceptors (Lipinski definition) is 4. The van der Waals surface area contributed by atoms with E-state index in [0.717, 1.165) is 24.8 Å². The first kappa shape index (κ1) is 18.4. The van der Waals surface area contributed by atoms with E-state index >= 15 is 0 Å². The summed E-state index contributed by atoms with van der Waals surface area (Å²) in [5, 5.41) is 9.32. The van der Waals surface area contributed by atoms with Crippen LogP contribution in [0.5, 0.6) is 0 Å². The van der Waals surface area contributed by atoms with Crippen molar-refractivity contribution in [3.05, 3.63) is 47.0 Å². The van der Waals surface area contributed by atoms with Gasteiger partial charge in [0.25, 0.3) is 0 Å². The molecule has 2 atom stereocenters. The Balaban J connectivity index is 1.93. The molecule has 1 aromatic carbocycles. The van der Waals surface area contributed by atoms with Crippen LogP contribution in [0.1, 0.15) is 66.7 Å². The number of carboxylic acids is 1. The van der Waals surface area contributed by atoms with Crippen LogP contribution in [0.15, 0.2) is 35.9 Å². The van der Waals surface area contributed by atoms with E-state index in [1.807, 2.05) is 0 Å². The summed E-state index contributed by atoms with van der Waals surface area (Å²) in [5.41, 5.74) is 0.766. The Morgan fingerprint density at radius 2 is 1.88 bits per heavy atom. The second-order valence-corrected chi connectivity index (χ2v) is 7.47. The fourth-order valence-corrected chi connectivity index (χ4v) is 4.54. The first-order chi connectivity index (χ1) is 12.4. The molecule has 2 aliphatic rings. The van der Waals surface area contributed by atoms with Gasteiger partial charge >= 0.3 is 11.9 Å². The van der Waals surface area contributed by atoms with Gasteiger partial charge in [0.15, 0.2) is 5.78 Å². The highest BCUT2D eigenvalue weighted by Crippen LogP contribution is 2.53. The lowest BCUT2D eigenvalue weighted by Crippen LogP contribution is -2.48. The SMILES string of the molecule is CC(C)[C@]12CCC(=O)C=C1CCC[C@H]2OC(=O)c1ccccc1C(=O)O. The van der Waals surface area contributed by atoms with Gasteiger partial charge in [0.2, 0.25) is 0 Å². The molecular weight excluding hydrogens is 332 g/mol. The molecule has 0 saturated heterocycles. The van der Waals surface area contributed by atoms with Gasteiger partial charge in [0, 0.05) is 11.8 Å². The molecule has 1 aromatic rings. The first-order valence-corrected chi connectivity index (χ1v) is 9.13. The highest BCUT2D eigenvalue weighted by molar-refractivity contribution is 6.02. The van der Waals surface area contributed by atoms with Crippen molar-refractivity contribution in [3.8, 4) is 0 Å². The molecule has 0 aliphatic heterocycles. The van der Waals surface area contributed by atoms with E-state index in [0.29, 0.717) is 12.8 Å². The van der Waals surface area contributed by atoms with Crippen LogP contribution < -0.4 is 0 Å². The summed E-state index contributed by atoms with van der Waals surface area (Å²) in [4.78, 5) is 36.1. The maximum absolute atomic E-state index is 12.8. The third kappa shape index (κ3) is 3.06. The Morgan fingerprint density at radius 1 is 1.19 bits per heavy atom. The van der Waals surface area contributed by atoms with Gasteiger partial charge in [-0.25, -0.2) is 9.59 Å². The third-order valence-electron chi connectivity index (χ3n) is 5.86. The molecule has 0 unspecified atom stereocenters. The smallest absolute Gasteiger partial charge is 0.339 e. The van der Waals surface area contributed by atoms with Crippen LogP contribution >= 0.6 is 0 Å². The van der Waals surface area contributed by atoms with Gasteiger partial charge in [0.1, 0.15) is 6.10 Å². The predicted molar refractivity (Wildman–Crippen MR) is 96.1 cm³/mol. The molecule has 0 heterocycles. The molecule has 0 spiro atoms. The monoisotopic (exact) mass is 356 g/mol. The second kappa shape index (κ2) is 7.06. The van der Waals surface area contributed by atoms with Crippen LogP contribution in [0.3, 0.4) is 0 Å². The molecular formula is C21H24O5. The van der Waals surface area contributed by atoms with Crippen molar-refractivity contribution in [3.63, 3.8) is 0 Å². The first-order valence-electron chi connectivity index (χ1n) is 9.13. The Bertz CT molecular complexity index is 776. The van der Waals surface area contributed by atoms with Gasteiger partial charge in [0.05, 0.1) is 11.1 Å². The number of carbonyl (C=O) groups excluding carboxylic acids is 2. The highest BCUT2D eigenvalue weighted by atomic mass is 16.5. The molecule has 0 amide bonds. The van der Waals surface area contributed by atoms with Crippen molar-refractivity contribution >= 4 is 17.7 Å². The number of hydrogen-bond donors (Lipinski definition) is 1. The Labute approximate surface area is 153 Å². The van der Waals surface area contributed by atoms with Gasteiger partial charge in [-0.1, -0.05) is 31.6 Å².